The zero-order valence-corrected chi connectivity index (χ0v) is 17.5. The summed E-state index contributed by atoms with van der Waals surface area (Å²) in [6, 6.07) is 42.8. The monoisotopic (exact) mass is 404 g/mol. The number of hydrogen-bond donors (Lipinski definition) is 0. The quantitative estimate of drug-likeness (QED) is 0.177. The van der Waals surface area contributed by atoms with E-state index in [0.29, 0.717) is 0 Å². The summed E-state index contributed by atoms with van der Waals surface area (Å²) in [6.07, 6.45) is 0. The van der Waals surface area contributed by atoms with E-state index in [9.17, 15) is 0 Å². The molecule has 0 spiro atoms. The third-order valence-electron chi connectivity index (χ3n) is 6.12. The Morgan fingerprint density at radius 1 is 0.406 bits per heavy atom. The van der Waals surface area contributed by atoms with E-state index in [1.165, 1.54) is 43.1 Å². The molecule has 0 aromatic heterocycles. The van der Waals surface area contributed by atoms with Gasteiger partial charge in [-0.15, -0.1) is 0 Å². The smallest absolute Gasteiger partial charge is 0.0609 e. The van der Waals surface area contributed by atoms with Crippen LogP contribution in [0.4, 0.5) is 0 Å². The van der Waals surface area contributed by atoms with E-state index in [4.69, 9.17) is 0 Å². The maximum Gasteiger partial charge on any atom is 0.105 e. The second-order valence-corrected chi connectivity index (χ2v) is 8.02. The predicted molar refractivity (Wildman–Crippen MR) is 138 cm³/mol. The fourth-order valence-corrected chi connectivity index (χ4v) is 4.52. The van der Waals surface area contributed by atoms with Gasteiger partial charge in [-0.3, -0.25) is 0 Å². The van der Waals surface area contributed by atoms with Crippen LogP contribution in [0.15, 0.2) is 121 Å². The molecule has 0 nitrogen and oxygen atoms in total. The summed E-state index contributed by atoms with van der Waals surface area (Å²) >= 11 is 0. The lowest BCUT2D eigenvalue weighted by Gasteiger charge is -1.96. The molecule has 146 valence electrons. The highest BCUT2D eigenvalue weighted by Gasteiger charge is 2.11. The van der Waals surface area contributed by atoms with E-state index in [1.807, 2.05) is 0 Å². The Morgan fingerprint density at radius 3 is 1.34 bits per heavy atom. The highest BCUT2D eigenvalue weighted by molar-refractivity contribution is 6.03. The Labute approximate surface area is 187 Å². The zero-order valence-electron chi connectivity index (χ0n) is 17.5. The van der Waals surface area contributed by atoms with Gasteiger partial charge in [-0.1, -0.05) is 24.3 Å². The lowest BCUT2D eigenvalue weighted by atomic mass is 10.0. The minimum atomic E-state index is 1.07. The van der Waals surface area contributed by atoms with E-state index >= 15 is 0 Å². The van der Waals surface area contributed by atoms with Gasteiger partial charge in [0.2, 0.25) is 0 Å². The molecule has 0 aliphatic rings. The summed E-state index contributed by atoms with van der Waals surface area (Å²) in [5.41, 5.74) is 2.14. The summed E-state index contributed by atoms with van der Waals surface area (Å²) < 4.78 is 0. The molecule has 6 rings (SSSR count). The highest BCUT2D eigenvalue weighted by atomic mass is 14.1. The van der Waals surface area contributed by atoms with Crippen molar-refractivity contribution < 1.29 is 0 Å². The zero-order chi connectivity index (χ0) is 21.3. The molecule has 0 heteroatoms. The first-order chi connectivity index (χ1) is 15.9. The molecule has 0 bridgehead atoms. The Kier molecular flexibility index (Phi) is 4.45. The second kappa shape index (κ2) is 7.73. The van der Waals surface area contributed by atoms with Gasteiger partial charge < -0.3 is 0 Å². The molecular formula is C32H20+2. The van der Waals surface area contributed by atoms with Crippen molar-refractivity contribution in [3.8, 4) is 11.8 Å². The lowest BCUT2D eigenvalue weighted by Crippen LogP contribution is -1.81. The third kappa shape index (κ3) is 3.13. The summed E-state index contributed by atoms with van der Waals surface area (Å²) in [7, 11) is 0. The molecule has 0 unspecified atom stereocenters. The number of rotatable bonds is 0. The Bertz CT molecular complexity index is 1480. The molecule has 0 N–H and O–H groups in total. The van der Waals surface area contributed by atoms with Crippen molar-refractivity contribution in [2.75, 3.05) is 0 Å². The topological polar surface area (TPSA) is 0 Å². The van der Waals surface area contributed by atoms with Gasteiger partial charge in [0.1, 0.15) is 11.1 Å². The van der Waals surface area contributed by atoms with Crippen molar-refractivity contribution in [3.05, 3.63) is 132 Å². The maximum atomic E-state index is 3.62. The molecule has 0 atom stereocenters. The number of fused-ring (bicyclic) bond motifs is 4. The largest absolute Gasteiger partial charge is 0.105 e. The highest BCUT2D eigenvalue weighted by Crippen LogP contribution is 2.28. The number of hydrogen-bond acceptors (Lipinski definition) is 0. The molecule has 0 aliphatic carbocycles. The number of benzene rings is 4. The summed E-state index contributed by atoms with van der Waals surface area (Å²) in [6.45, 7) is 0. The molecule has 0 aliphatic heterocycles. The van der Waals surface area contributed by atoms with Crippen molar-refractivity contribution >= 4 is 43.1 Å². The predicted octanol–water partition coefficient (Wildman–Crippen LogP) is 8.26. The SMILES string of the molecule is C(#Cc1c2ccccc2cc[c+]2ccccc12)c1c2ccccc2cc[c+]2ccccc12. The van der Waals surface area contributed by atoms with E-state index in [0.717, 1.165) is 11.1 Å². The van der Waals surface area contributed by atoms with Gasteiger partial charge in [0, 0.05) is 82.2 Å². The summed E-state index contributed by atoms with van der Waals surface area (Å²) in [4.78, 5) is 0. The van der Waals surface area contributed by atoms with Gasteiger partial charge in [0.15, 0.2) is 0 Å². The minimum absolute atomic E-state index is 1.07. The van der Waals surface area contributed by atoms with Gasteiger partial charge in [-0.2, -0.15) is 0 Å². The van der Waals surface area contributed by atoms with Crippen LogP contribution in [-0.4, -0.2) is 0 Å². The van der Waals surface area contributed by atoms with Crippen LogP contribution in [0.5, 0.6) is 0 Å². The van der Waals surface area contributed by atoms with E-state index in [-0.39, 0.29) is 0 Å². The van der Waals surface area contributed by atoms with Gasteiger partial charge in [-0.25, -0.2) is 0 Å². The minimum Gasteiger partial charge on any atom is -0.0609 e. The van der Waals surface area contributed by atoms with Crippen molar-refractivity contribution in [2.24, 2.45) is 0 Å². The van der Waals surface area contributed by atoms with Crippen LogP contribution in [0.25, 0.3) is 43.1 Å². The molecule has 0 fully saturated rings. The molecule has 32 heavy (non-hydrogen) atoms. The molecule has 0 saturated heterocycles. The van der Waals surface area contributed by atoms with Crippen LogP contribution in [0.3, 0.4) is 0 Å². The molecular weight excluding hydrogens is 384 g/mol. The van der Waals surface area contributed by atoms with E-state index < -0.39 is 0 Å². The second-order valence-electron chi connectivity index (χ2n) is 8.02. The fourth-order valence-electron chi connectivity index (χ4n) is 4.52. The van der Waals surface area contributed by atoms with E-state index in [1.54, 1.807) is 0 Å². The van der Waals surface area contributed by atoms with Crippen molar-refractivity contribution in [3.63, 3.8) is 0 Å². The lowest BCUT2D eigenvalue weighted by molar-refractivity contribution is 1.76. The normalized spacial score (nSPS) is 10.9. The Balaban J connectivity index is 1.76. The van der Waals surface area contributed by atoms with Crippen molar-refractivity contribution in [1.82, 2.24) is 0 Å². The average molecular weight is 405 g/mol. The first-order valence-electron chi connectivity index (χ1n) is 10.9. The third-order valence-corrected chi connectivity index (χ3v) is 6.12. The molecule has 0 saturated carbocycles. The maximum absolute atomic E-state index is 3.62. The average Bonchev–Trinajstić information content (AvgIpc) is 3.11. The van der Waals surface area contributed by atoms with Crippen LogP contribution in [0, 0.1) is 11.8 Å². The molecule has 6 aromatic rings. The molecule has 0 heterocycles. The standard InChI is InChI=1S/C32H20/c1-5-13-27-23(9-1)17-18-24-10-2-6-14-28(24)31(27)21-22-32-29-15-7-3-11-25(29)19-20-26-12-4-8-16-30(26)32/h1-20H/q+2. The van der Waals surface area contributed by atoms with Crippen LogP contribution in [-0.2, 0) is 0 Å². The molecule has 0 amide bonds. The molecule has 6 aromatic carbocycles. The van der Waals surface area contributed by atoms with Gasteiger partial charge in [-0.05, 0) is 48.2 Å². The fraction of sp³-hybridized carbons (Fsp3) is 0. The Hall–Kier alpha value is -4.34. The Morgan fingerprint density at radius 2 is 0.844 bits per heavy atom. The molecule has 0 radical (unpaired) electrons. The van der Waals surface area contributed by atoms with Crippen LogP contribution in [0.1, 0.15) is 11.1 Å². The van der Waals surface area contributed by atoms with Crippen LogP contribution in [0.2, 0.25) is 0 Å². The van der Waals surface area contributed by atoms with Gasteiger partial charge in [0.25, 0.3) is 0 Å². The van der Waals surface area contributed by atoms with Gasteiger partial charge >= 0.3 is 0 Å². The van der Waals surface area contributed by atoms with Crippen LogP contribution >= 0.6 is 0 Å². The van der Waals surface area contributed by atoms with E-state index in [2.05, 4.69) is 133 Å². The first kappa shape index (κ1) is 18.4. The van der Waals surface area contributed by atoms with Gasteiger partial charge in [0.05, 0.1) is 21.5 Å². The summed E-state index contributed by atoms with van der Waals surface area (Å²) in [5.74, 6) is 7.23. The first-order valence-corrected chi connectivity index (χ1v) is 10.9. The van der Waals surface area contributed by atoms with Crippen molar-refractivity contribution in [2.45, 2.75) is 0 Å². The van der Waals surface area contributed by atoms with Crippen molar-refractivity contribution in [1.29, 1.82) is 0 Å². The van der Waals surface area contributed by atoms with Crippen LogP contribution < -0.4 is 0 Å². The summed E-state index contributed by atoms with van der Waals surface area (Å²) in [5, 5.41) is 9.49.